The fourth-order valence-electron chi connectivity index (χ4n) is 4.20. The molecule has 0 N–H and O–H groups in total. The summed E-state index contributed by atoms with van der Waals surface area (Å²) in [4.78, 5) is 42.3. The molecule has 1 atom stereocenters. The Morgan fingerprint density at radius 3 is 2.60 bits per heavy atom. The molecule has 0 bridgehead atoms. The van der Waals surface area contributed by atoms with Crippen molar-refractivity contribution in [3.8, 4) is 17.2 Å². The van der Waals surface area contributed by atoms with Gasteiger partial charge in [0.1, 0.15) is 17.6 Å². The number of benzene rings is 3. The molecule has 5 rings (SSSR count). The highest BCUT2D eigenvalue weighted by molar-refractivity contribution is 6.23. The molecule has 3 aromatic rings. The monoisotopic (exact) mass is 476 g/mol. The van der Waals surface area contributed by atoms with Gasteiger partial charge in [-0.2, -0.15) is 0 Å². The molecule has 0 radical (unpaired) electrons. The summed E-state index contributed by atoms with van der Waals surface area (Å²) in [7, 11) is 1.49. The van der Waals surface area contributed by atoms with Gasteiger partial charge in [0.25, 0.3) is 11.8 Å². The van der Waals surface area contributed by atoms with Gasteiger partial charge in [0.05, 0.1) is 19.2 Å². The molecule has 2 aliphatic rings. The average molecular weight is 476 g/mol. The summed E-state index contributed by atoms with van der Waals surface area (Å²) in [5.41, 5.74) is 1.26. The lowest BCUT2D eigenvalue weighted by Crippen LogP contribution is -2.45. The highest BCUT2D eigenvalue weighted by atomic mass is 19.1. The van der Waals surface area contributed by atoms with E-state index in [1.165, 1.54) is 36.3 Å². The van der Waals surface area contributed by atoms with E-state index in [0.29, 0.717) is 28.4 Å². The lowest BCUT2D eigenvalue weighted by Gasteiger charge is -2.28. The van der Waals surface area contributed by atoms with Crippen LogP contribution in [0.1, 0.15) is 22.3 Å². The number of hydrogen-bond donors (Lipinski definition) is 0. The number of hydrogen-bond acceptors (Lipinski definition) is 6. The minimum atomic E-state index is -1.04. The van der Waals surface area contributed by atoms with Crippen molar-refractivity contribution in [3.05, 3.63) is 83.7 Å². The largest absolute Gasteiger partial charge is 0.497 e. The standard InChI is InChI=1S/C26H21FN2O6/c1-33-20-4-2-3-17(12-20)25(31)28(14-16-5-10-22-23(11-16)35-15-34-22)21-13-24(30)29(26(21)32)19-8-6-18(27)7-9-19/h2-12,21H,13-15H2,1H3. The SMILES string of the molecule is COc1cccc(C(=O)N(Cc2ccc3c(c2)OCO3)C2CC(=O)N(c3ccc(F)cc3)C2=O)c1. The number of imide groups is 1. The fourth-order valence-corrected chi connectivity index (χ4v) is 4.20. The number of carbonyl (C=O) groups is 3. The Labute approximate surface area is 200 Å². The third kappa shape index (κ3) is 4.28. The number of anilines is 1. The summed E-state index contributed by atoms with van der Waals surface area (Å²) >= 11 is 0. The second-order valence-corrected chi connectivity index (χ2v) is 8.12. The van der Waals surface area contributed by atoms with Crippen molar-refractivity contribution in [1.82, 2.24) is 4.90 Å². The van der Waals surface area contributed by atoms with Gasteiger partial charge in [-0.05, 0) is 60.2 Å². The molecule has 0 saturated carbocycles. The molecule has 178 valence electrons. The second kappa shape index (κ2) is 9.09. The van der Waals surface area contributed by atoms with Gasteiger partial charge in [-0.1, -0.05) is 12.1 Å². The van der Waals surface area contributed by atoms with Gasteiger partial charge in [-0.25, -0.2) is 9.29 Å². The topological polar surface area (TPSA) is 85.4 Å². The third-order valence-electron chi connectivity index (χ3n) is 5.95. The maximum absolute atomic E-state index is 13.7. The van der Waals surface area contributed by atoms with Gasteiger partial charge in [0.2, 0.25) is 12.7 Å². The van der Waals surface area contributed by atoms with Crippen LogP contribution in [0.4, 0.5) is 10.1 Å². The van der Waals surface area contributed by atoms with Crippen molar-refractivity contribution in [2.45, 2.75) is 19.0 Å². The van der Waals surface area contributed by atoms with Crippen LogP contribution in [0, 0.1) is 5.82 Å². The molecule has 3 amide bonds. The second-order valence-electron chi connectivity index (χ2n) is 8.12. The first kappa shape index (κ1) is 22.4. The van der Waals surface area contributed by atoms with E-state index in [0.717, 1.165) is 4.90 Å². The van der Waals surface area contributed by atoms with Crippen molar-refractivity contribution in [1.29, 1.82) is 0 Å². The molecular formula is C26H21FN2O6. The number of methoxy groups -OCH3 is 1. The molecular weight excluding hydrogens is 455 g/mol. The van der Waals surface area contributed by atoms with E-state index >= 15 is 0 Å². The number of rotatable bonds is 6. The van der Waals surface area contributed by atoms with Gasteiger partial charge in [0, 0.05) is 12.1 Å². The molecule has 3 aromatic carbocycles. The van der Waals surface area contributed by atoms with E-state index in [2.05, 4.69) is 0 Å². The zero-order chi connectivity index (χ0) is 24.5. The lowest BCUT2D eigenvalue weighted by atomic mass is 10.1. The van der Waals surface area contributed by atoms with E-state index in [1.54, 1.807) is 42.5 Å². The highest BCUT2D eigenvalue weighted by Gasteiger charge is 2.44. The zero-order valence-corrected chi connectivity index (χ0v) is 18.8. The Hall–Kier alpha value is -4.40. The first-order valence-electron chi connectivity index (χ1n) is 10.9. The molecule has 0 aliphatic carbocycles. The van der Waals surface area contributed by atoms with Gasteiger partial charge < -0.3 is 19.1 Å². The van der Waals surface area contributed by atoms with E-state index in [4.69, 9.17) is 14.2 Å². The van der Waals surface area contributed by atoms with Crippen LogP contribution in [0.2, 0.25) is 0 Å². The molecule has 35 heavy (non-hydrogen) atoms. The number of amides is 3. The van der Waals surface area contributed by atoms with Crippen LogP contribution in [-0.4, -0.2) is 42.6 Å². The van der Waals surface area contributed by atoms with Crippen LogP contribution in [-0.2, 0) is 16.1 Å². The third-order valence-corrected chi connectivity index (χ3v) is 5.95. The zero-order valence-electron chi connectivity index (χ0n) is 18.8. The van der Waals surface area contributed by atoms with E-state index in [-0.39, 0.29) is 25.4 Å². The Balaban J connectivity index is 1.50. The molecule has 9 heteroatoms. The Kier molecular flexibility index (Phi) is 5.82. The lowest BCUT2D eigenvalue weighted by molar-refractivity contribution is -0.122. The predicted molar refractivity (Wildman–Crippen MR) is 123 cm³/mol. The number of nitrogens with zero attached hydrogens (tertiary/aromatic N) is 2. The number of ether oxygens (including phenoxy) is 3. The first-order chi connectivity index (χ1) is 16.9. The average Bonchev–Trinajstić information content (AvgIpc) is 3.46. The number of fused-ring (bicyclic) bond motifs is 1. The Morgan fingerprint density at radius 2 is 1.83 bits per heavy atom. The summed E-state index contributed by atoms with van der Waals surface area (Å²) < 4.78 is 29.4. The minimum Gasteiger partial charge on any atom is -0.497 e. The summed E-state index contributed by atoms with van der Waals surface area (Å²) in [6, 6.07) is 15.9. The Morgan fingerprint density at radius 1 is 1.06 bits per heavy atom. The van der Waals surface area contributed by atoms with Crippen molar-refractivity contribution in [2.75, 3.05) is 18.8 Å². The molecule has 1 unspecified atom stereocenters. The van der Waals surface area contributed by atoms with Crippen molar-refractivity contribution >= 4 is 23.4 Å². The van der Waals surface area contributed by atoms with Gasteiger partial charge in [0.15, 0.2) is 11.5 Å². The summed E-state index contributed by atoms with van der Waals surface area (Å²) in [5, 5.41) is 0. The van der Waals surface area contributed by atoms with Gasteiger partial charge in [-0.15, -0.1) is 0 Å². The summed E-state index contributed by atoms with van der Waals surface area (Å²) in [6.07, 6.45) is -0.198. The molecule has 1 saturated heterocycles. The maximum Gasteiger partial charge on any atom is 0.257 e. The smallest absolute Gasteiger partial charge is 0.257 e. The predicted octanol–water partition coefficient (Wildman–Crippen LogP) is 3.54. The molecule has 2 heterocycles. The van der Waals surface area contributed by atoms with E-state index in [9.17, 15) is 18.8 Å². The van der Waals surface area contributed by atoms with Crippen LogP contribution in [0.15, 0.2) is 66.7 Å². The van der Waals surface area contributed by atoms with Crippen molar-refractivity contribution < 1.29 is 33.0 Å². The Bertz CT molecular complexity index is 1310. The van der Waals surface area contributed by atoms with Crippen LogP contribution in [0.25, 0.3) is 0 Å². The van der Waals surface area contributed by atoms with Crippen molar-refractivity contribution in [2.24, 2.45) is 0 Å². The molecule has 2 aliphatic heterocycles. The van der Waals surface area contributed by atoms with E-state index in [1.807, 2.05) is 0 Å². The van der Waals surface area contributed by atoms with Crippen LogP contribution in [0.3, 0.4) is 0 Å². The van der Waals surface area contributed by atoms with Crippen LogP contribution < -0.4 is 19.1 Å². The maximum atomic E-state index is 13.7. The van der Waals surface area contributed by atoms with Crippen LogP contribution >= 0.6 is 0 Å². The first-order valence-corrected chi connectivity index (χ1v) is 10.9. The summed E-state index contributed by atoms with van der Waals surface area (Å²) in [6.45, 7) is 0.154. The highest BCUT2D eigenvalue weighted by Crippen LogP contribution is 2.34. The molecule has 8 nitrogen and oxygen atoms in total. The van der Waals surface area contributed by atoms with Crippen molar-refractivity contribution in [3.63, 3.8) is 0 Å². The molecule has 0 spiro atoms. The van der Waals surface area contributed by atoms with E-state index < -0.39 is 29.6 Å². The fraction of sp³-hybridized carbons (Fsp3) is 0.192. The van der Waals surface area contributed by atoms with Crippen LogP contribution in [0.5, 0.6) is 17.2 Å². The van der Waals surface area contributed by atoms with Gasteiger partial charge >= 0.3 is 0 Å². The summed E-state index contributed by atoms with van der Waals surface area (Å²) in [5.74, 6) is -0.331. The normalized spacial score (nSPS) is 16.5. The number of halogens is 1. The molecule has 0 aromatic heterocycles. The molecule has 1 fully saturated rings. The minimum absolute atomic E-state index is 0.0492. The quantitative estimate of drug-likeness (QED) is 0.506. The number of carbonyl (C=O) groups excluding carboxylic acids is 3. The van der Waals surface area contributed by atoms with Gasteiger partial charge in [-0.3, -0.25) is 14.4 Å².